The first-order valence-corrected chi connectivity index (χ1v) is 6.29. The third-order valence-electron chi connectivity index (χ3n) is 2.81. The number of Topliss-reactive ketones (excluding diaryl/α,β-unsaturated/α-hetero) is 1. The Bertz CT molecular complexity index is 195. The fourth-order valence-corrected chi connectivity index (χ4v) is 2.77. The summed E-state index contributed by atoms with van der Waals surface area (Å²) in [5.41, 5.74) is -0.154. The molecule has 0 aromatic heterocycles. The van der Waals surface area contributed by atoms with Crippen molar-refractivity contribution in [3.8, 4) is 0 Å². The van der Waals surface area contributed by atoms with Crippen molar-refractivity contribution in [2.45, 2.75) is 50.4 Å². The van der Waals surface area contributed by atoms with Gasteiger partial charge in [-0.2, -0.15) is 11.8 Å². The summed E-state index contributed by atoms with van der Waals surface area (Å²) in [6.07, 6.45) is 3.78. The first-order valence-electron chi connectivity index (χ1n) is 5.24. The zero-order valence-electron chi connectivity index (χ0n) is 9.34. The van der Waals surface area contributed by atoms with E-state index in [-0.39, 0.29) is 10.9 Å². The van der Waals surface area contributed by atoms with E-state index in [1.165, 1.54) is 6.42 Å². The van der Waals surface area contributed by atoms with E-state index >= 15 is 0 Å². The number of rotatable bonds is 5. The van der Waals surface area contributed by atoms with E-state index in [0.717, 1.165) is 18.6 Å². The van der Waals surface area contributed by atoms with Crippen LogP contribution < -0.4 is 0 Å². The molecule has 0 amide bonds. The van der Waals surface area contributed by atoms with Crippen LogP contribution >= 0.6 is 11.8 Å². The monoisotopic (exact) mass is 216 g/mol. The molecule has 14 heavy (non-hydrogen) atoms. The molecule has 1 unspecified atom stereocenters. The molecular weight excluding hydrogens is 196 g/mol. The maximum atomic E-state index is 11.7. The summed E-state index contributed by atoms with van der Waals surface area (Å²) < 4.78 is 5.29. The normalized spacial score (nSPS) is 22.6. The number of carbonyl (C=O) groups is 1. The molecule has 1 rings (SSSR count). The molecule has 1 atom stereocenters. The van der Waals surface area contributed by atoms with Crippen molar-refractivity contribution >= 4 is 17.5 Å². The quantitative estimate of drug-likeness (QED) is 0.706. The van der Waals surface area contributed by atoms with E-state index in [9.17, 15) is 4.79 Å². The lowest BCUT2D eigenvalue weighted by atomic mass is 9.99. The molecule has 0 aromatic carbocycles. The molecule has 82 valence electrons. The third-order valence-corrected chi connectivity index (χ3v) is 4.24. The number of ether oxygens (including phenoxy) is 1. The molecule has 1 heterocycles. The summed E-state index contributed by atoms with van der Waals surface area (Å²) in [6.45, 7) is 4.06. The maximum absolute atomic E-state index is 11.7. The smallest absolute Gasteiger partial charge is 0.145 e. The maximum Gasteiger partial charge on any atom is 0.145 e. The first kappa shape index (κ1) is 12.1. The predicted molar refractivity (Wildman–Crippen MR) is 60.8 cm³/mol. The van der Waals surface area contributed by atoms with Crippen molar-refractivity contribution in [2.24, 2.45) is 0 Å². The summed E-state index contributed by atoms with van der Waals surface area (Å²) in [4.78, 5) is 11.7. The molecule has 0 radical (unpaired) electrons. The zero-order chi connectivity index (χ0) is 10.6. The second-order valence-electron chi connectivity index (χ2n) is 4.43. The fraction of sp³-hybridized carbons (Fsp3) is 0.909. The predicted octanol–water partition coefficient (Wildman–Crippen LogP) is 2.66. The minimum Gasteiger partial charge on any atom is -0.379 e. The summed E-state index contributed by atoms with van der Waals surface area (Å²) in [6, 6.07) is 0. The molecule has 1 aliphatic heterocycles. The van der Waals surface area contributed by atoms with Crippen LogP contribution in [0.15, 0.2) is 0 Å². The second kappa shape index (κ2) is 5.17. The van der Waals surface area contributed by atoms with Crippen molar-refractivity contribution in [2.75, 3.05) is 12.9 Å². The highest BCUT2D eigenvalue weighted by Crippen LogP contribution is 2.29. The standard InChI is InChI=1S/C11H20O2S/c1-11(2,13-3)7-6-9(12)10-5-4-8-14-10/h10H,4-8H2,1-3H3. The molecule has 0 N–H and O–H groups in total. The van der Waals surface area contributed by atoms with Gasteiger partial charge >= 0.3 is 0 Å². The average molecular weight is 216 g/mol. The van der Waals surface area contributed by atoms with Crippen LogP contribution in [0.25, 0.3) is 0 Å². The van der Waals surface area contributed by atoms with Gasteiger partial charge in [0.1, 0.15) is 5.78 Å². The van der Waals surface area contributed by atoms with Crippen LogP contribution in [0.3, 0.4) is 0 Å². The number of thioether (sulfide) groups is 1. The van der Waals surface area contributed by atoms with Crippen LogP contribution in [0.4, 0.5) is 0 Å². The van der Waals surface area contributed by atoms with Gasteiger partial charge in [0.15, 0.2) is 0 Å². The minimum absolute atomic E-state index is 0.154. The average Bonchev–Trinajstić information content (AvgIpc) is 2.67. The molecule has 2 nitrogen and oxygen atoms in total. The van der Waals surface area contributed by atoms with Crippen molar-refractivity contribution in [3.05, 3.63) is 0 Å². The van der Waals surface area contributed by atoms with Crippen LogP contribution in [0, 0.1) is 0 Å². The van der Waals surface area contributed by atoms with Crippen LogP contribution in [-0.4, -0.2) is 29.5 Å². The molecule has 1 aliphatic rings. The molecule has 3 heteroatoms. The van der Waals surface area contributed by atoms with Crippen LogP contribution in [0.1, 0.15) is 39.5 Å². The Morgan fingerprint density at radius 3 is 2.79 bits per heavy atom. The van der Waals surface area contributed by atoms with Gasteiger partial charge in [-0.1, -0.05) is 0 Å². The Morgan fingerprint density at radius 1 is 1.57 bits per heavy atom. The zero-order valence-corrected chi connectivity index (χ0v) is 10.2. The van der Waals surface area contributed by atoms with Crippen molar-refractivity contribution in [3.63, 3.8) is 0 Å². The Hall–Kier alpha value is -0.0200. The van der Waals surface area contributed by atoms with Gasteiger partial charge in [-0.05, 0) is 38.9 Å². The number of carbonyl (C=O) groups excluding carboxylic acids is 1. The molecular formula is C11H20O2S. The lowest BCUT2D eigenvalue weighted by Crippen LogP contribution is -2.25. The van der Waals surface area contributed by atoms with Crippen molar-refractivity contribution in [1.29, 1.82) is 0 Å². The Kier molecular flexibility index (Phi) is 4.45. The summed E-state index contributed by atoms with van der Waals surface area (Å²) in [5.74, 6) is 1.57. The molecule has 0 aliphatic carbocycles. The van der Waals surface area contributed by atoms with E-state index < -0.39 is 0 Å². The summed E-state index contributed by atoms with van der Waals surface area (Å²) in [7, 11) is 1.70. The fourth-order valence-electron chi connectivity index (χ4n) is 1.52. The lowest BCUT2D eigenvalue weighted by Gasteiger charge is -2.22. The summed E-state index contributed by atoms with van der Waals surface area (Å²) in [5, 5.41) is 0.280. The molecule has 1 fully saturated rings. The van der Waals surface area contributed by atoms with Gasteiger partial charge < -0.3 is 4.74 Å². The van der Waals surface area contributed by atoms with Crippen LogP contribution in [-0.2, 0) is 9.53 Å². The van der Waals surface area contributed by atoms with E-state index in [1.54, 1.807) is 7.11 Å². The Balaban J connectivity index is 2.27. The lowest BCUT2D eigenvalue weighted by molar-refractivity contribution is -0.119. The summed E-state index contributed by atoms with van der Waals surface area (Å²) >= 11 is 1.82. The third kappa shape index (κ3) is 3.62. The highest BCUT2D eigenvalue weighted by atomic mass is 32.2. The number of ketones is 1. The Morgan fingerprint density at radius 2 is 2.29 bits per heavy atom. The second-order valence-corrected chi connectivity index (χ2v) is 5.74. The van der Waals surface area contributed by atoms with Gasteiger partial charge in [0.05, 0.1) is 10.9 Å². The molecule has 0 aromatic rings. The SMILES string of the molecule is COC(C)(C)CCC(=O)C1CCCS1. The van der Waals surface area contributed by atoms with Gasteiger partial charge in [0.2, 0.25) is 0 Å². The largest absolute Gasteiger partial charge is 0.379 e. The molecule has 1 saturated heterocycles. The highest BCUT2D eigenvalue weighted by Gasteiger charge is 2.25. The first-order chi connectivity index (χ1) is 6.55. The topological polar surface area (TPSA) is 26.3 Å². The Labute approximate surface area is 90.8 Å². The van der Waals surface area contributed by atoms with Crippen molar-refractivity contribution < 1.29 is 9.53 Å². The van der Waals surface area contributed by atoms with Crippen molar-refractivity contribution in [1.82, 2.24) is 0 Å². The van der Waals surface area contributed by atoms with E-state index in [0.29, 0.717) is 12.2 Å². The van der Waals surface area contributed by atoms with Gasteiger partial charge in [0.25, 0.3) is 0 Å². The van der Waals surface area contributed by atoms with Gasteiger partial charge in [-0.3, -0.25) is 4.79 Å². The molecule has 0 saturated carbocycles. The van der Waals surface area contributed by atoms with E-state index in [1.807, 2.05) is 25.6 Å². The number of methoxy groups -OCH3 is 1. The molecule has 0 bridgehead atoms. The number of hydrogen-bond acceptors (Lipinski definition) is 3. The van der Waals surface area contributed by atoms with Crippen LogP contribution in [0.2, 0.25) is 0 Å². The minimum atomic E-state index is -0.154. The molecule has 0 spiro atoms. The van der Waals surface area contributed by atoms with E-state index in [2.05, 4.69) is 0 Å². The number of hydrogen-bond donors (Lipinski definition) is 0. The van der Waals surface area contributed by atoms with Gasteiger partial charge in [-0.15, -0.1) is 0 Å². The van der Waals surface area contributed by atoms with E-state index in [4.69, 9.17) is 4.74 Å². The highest BCUT2D eigenvalue weighted by molar-refractivity contribution is 8.00. The van der Waals surface area contributed by atoms with Gasteiger partial charge in [-0.25, -0.2) is 0 Å². The van der Waals surface area contributed by atoms with Crippen LogP contribution in [0.5, 0.6) is 0 Å². The van der Waals surface area contributed by atoms with Gasteiger partial charge in [0, 0.05) is 13.5 Å².